The molecule has 0 aliphatic heterocycles. The molecule has 3 aromatic rings. The van der Waals surface area contributed by atoms with E-state index >= 15 is 0 Å². The molecule has 5 nitrogen and oxygen atoms in total. The Morgan fingerprint density at radius 2 is 2.33 bits per heavy atom. The van der Waals surface area contributed by atoms with Gasteiger partial charge in [-0.1, -0.05) is 25.2 Å². The largest absolute Gasteiger partial charge is 0.462 e. The van der Waals surface area contributed by atoms with E-state index < -0.39 is 0 Å². The van der Waals surface area contributed by atoms with Gasteiger partial charge in [-0.05, 0) is 18.1 Å². The van der Waals surface area contributed by atoms with Crippen molar-refractivity contribution in [1.29, 1.82) is 5.26 Å². The highest BCUT2D eigenvalue weighted by Gasteiger charge is 2.19. The molecule has 3 aromatic heterocycles. The number of nitriles is 1. The monoisotopic (exact) mass is 258 g/mol. The van der Waals surface area contributed by atoms with Crippen molar-refractivity contribution in [2.45, 2.75) is 19.8 Å². The number of hydrogen-bond donors (Lipinski definition) is 0. The van der Waals surface area contributed by atoms with Crippen molar-refractivity contribution < 1.29 is 4.42 Å². The molecule has 0 saturated carbocycles. The van der Waals surface area contributed by atoms with Gasteiger partial charge in [0.1, 0.15) is 6.07 Å². The van der Waals surface area contributed by atoms with Gasteiger partial charge in [-0.25, -0.2) is 4.98 Å². The maximum Gasteiger partial charge on any atom is 0.214 e. The Hall–Kier alpha value is -2.13. The maximum atomic E-state index is 9.22. The van der Waals surface area contributed by atoms with Crippen LogP contribution in [0.15, 0.2) is 22.8 Å². The highest BCUT2D eigenvalue weighted by atomic mass is 32.1. The lowest BCUT2D eigenvalue weighted by Crippen LogP contribution is -1.95. The Morgan fingerprint density at radius 1 is 1.50 bits per heavy atom. The molecule has 0 N–H and O–H groups in total. The Labute approximate surface area is 107 Å². The summed E-state index contributed by atoms with van der Waals surface area (Å²) < 4.78 is 6.89. The third-order valence-corrected chi connectivity index (χ3v) is 3.54. The minimum Gasteiger partial charge on any atom is -0.462 e. The number of rotatable bonds is 2. The van der Waals surface area contributed by atoms with Crippen molar-refractivity contribution >= 4 is 16.3 Å². The fourth-order valence-electron chi connectivity index (χ4n) is 1.77. The minimum absolute atomic E-state index is 0.209. The maximum absolute atomic E-state index is 9.22. The van der Waals surface area contributed by atoms with Crippen molar-refractivity contribution in [1.82, 2.24) is 14.6 Å². The fourth-order valence-corrected chi connectivity index (χ4v) is 2.65. The van der Waals surface area contributed by atoms with Gasteiger partial charge in [0.15, 0.2) is 16.5 Å². The average molecular weight is 258 g/mol. The van der Waals surface area contributed by atoms with Gasteiger partial charge < -0.3 is 4.42 Å². The van der Waals surface area contributed by atoms with Crippen molar-refractivity contribution in [3.8, 4) is 16.8 Å². The Morgan fingerprint density at radius 3 is 2.94 bits per heavy atom. The zero-order valence-corrected chi connectivity index (χ0v) is 10.7. The third kappa shape index (κ3) is 1.52. The van der Waals surface area contributed by atoms with E-state index in [0.29, 0.717) is 11.5 Å². The van der Waals surface area contributed by atoms with Gasteiger partial charge in [0.2, 0.25) is 4.96 Å². The number of aromatic nitrogens is 3. The lowest BCUT2D eigenvalue weighted by Gasteiger charge is -1.98. The number of fused-ring (bicyclic) bond motifs is 1. The average Bonchev–Trinajstić information content (AvgIpc) is 3.02. The van der Waals surface area contributed by atoms with Gasteiger partial charge in [0.05, 0.1) is 12.0 Å². The first-order valence-electron chi connectivity index (χ1n) is 5.54. The van der Waals surface area contributed by atoms with Crippen LogP contribution >= 0.6 is 11.3 Å². The molecule has 0 aliphatic rings. The Kier molecular flexibility index (Phi) is 2.42. The number of hydrogen-bond acceptors (Lipinski definition) is 5. The number of nitrogens with zero attached hydrogens (tertiary/aromatic N) is 4. The summed E-state index contributed by atoms with van der Waals surface area (Å²) in [4.78, 5) is 5.19. The van der Waals surface area contributed by atoms with Gasteiger partial charge in [0, 0.05) is 0 Å². The van der Waals surface area contributed by atoms with Gasteiger partial charge in [-0.3, -0.25) is 0 Å². The van der Waals surface area contributed by atoms with Crippen LogP contribution in [0, 0.1) is 11.3 Å². The van der Waals surface area contributed by atoms with Crippen LogP contribution in [0.1, 0.15) is 31.2 Å². The first kappa shape index (κ1) is 11.0. The molecule has 0 saturated heterocycles. The van der Waals surface area contributed by atoms with E-state index in [1.807, 2.05) is 26.0 Å². The molecular formula is C12H10N4OS. The molecular weight excluding hydrogens is 248 g/mol. The summed E-state index contributed by atoms with van der Waals surface area (Å²) in [6.07, 6.45) is 1.60. The van der Waals surface area contributed by atoms with Crippen LogP contribution in [0.4, 0.5) is 0 Å². The molecule has 0 amide bonds. The molecule has 0 radical (unpaired) electrons. The van der Waals surface area contributed by atoms with Crippen LogP contribution < -0.4 is 0 Å². The highest BCUT2D eigenvalue weighted by molar-refractivity contribution is 7.19. The SMILES string of the molecule is CC(C)c1nc2sc(-c3ccco3)nn2c1C#N. The van der Waals surface area contributed by atoms with Crippen molar-refractivity contribution in [3.05, 3.63) is 29.8 Å². The summed E-state index contributed by atoms with van der Waals surface area (Å²) in [7, 11) is 0. The predicted molar refractivity (Wildman–Crippen MR) is 67.4 cm³/mol. The van der Waals surface area contributed by atoms with Crippen molar-refractivity contribution in [3.63, 3.8) is 0 Å². The van der Waals surface area contributed by atoms with Gasteiger partial charge in [0.25, 0.3) is 0 Å². The molecule has 18 heavy (non-hydrogen) atoms. The molecule has 3 heterocycles. The molecule has 3 rings (SSSR count). The summed E-state index contributed by atoms with van der Waals surface area (Å²) in [6, 6.07) is 5.82. The molecule has 0 unspecified atom stereocenters. The molecule has 0 spiro atoms. The summed E-state index contributed by atoms with van der Waals surface area (Å²) >= 11 is 1.42. The summed E-state index contributed by atoms with van der Waals surface area (Å²) in [5.41, 5.74) is 1.30. The fraction of sp³-hybridized carbons (Fsp3) is 0.250. The molecule has 6 heteroatoms. The van der Waals surface area contributed by atoms with Crippen LogP contribution in [-0.2, 0) is 0 Å². The van der Waals surface area contributed by atoms with Crippen molar-refractivity contribution in [2.24, 2.45) is 0 Å². The van der Waals surface area contributed by atoms with Crippen LogP contribution in [0.25, 0.3) is 15.7 Å². The zero-order chi connectivity index (χ0) is 12.7. The predicted octanol–water partition coefficient (Wildman–Crippen LogP) is 3.05. The van der Waals surface area contributed by atoms with E-state index in [1.54, 1.807) is 10.8 Å². The zero-order valence-electron chi connectivity index (χ0n) is 9.91. The Bertz CT molecular complexity index is 730. The van der Waals surface area contributed by atoms with Gasteiger partial charge >= 0.3 is 0 Å². The normalized spacial score (nSPS) is 11.2. The van der Waals surface area contributed by atoms with Crippen LogP contribution in [-0.4, -0.2) is 14.6 Å². The molecule has 0 aromatic carbocycles. The summed E-state index contributed by atoms with van der Waals surface area (Å²) in [5, 5.41) is 14.3. The van der Waals surface area contributed by atoms with E-state index in [1.165, 1.54) is 11.3 Å². The Balaban J connectivity index is 2.21. The first-order chi connectivity index (χ1) is 8.70. The molecule has 0 fully saturated rings. The van der Waals surface area contributed by atoms with E-state index in [4.69, 9.17) is 4.42 Å². The quantitative estimate of drug-likeness (QED) is 0.708. The molecule has 90 valence electrons. The van der Waals surface area contributed by atoms with E-state index in [-0.39, 0.29) is 5.92 Å². The molecule has 0 bridgehead atoms. The standard InChI is InChI=1S/C12H10N4OS/c1-7(2)10-8(6-13)16-12(14-10)18-11(15-16)9-4-3-5-17-9/h3-5,7H,1-2H3. The lowest BCUT2D eigenvalue weighted by atomic mass is 10.1. The topological polar surface area (TPSA) is 67.1 Å². The van der Waals surface area contributed by atoms with Crippen LogP contribution in [0.5, 0.6) is 0 Å². The van der Waals surface area contributed by atoms with Crippen LogP contribution in [0.3, 0.4) is 0 Å². The van der Waals surface area contributed by atoms with E-state index in [9.17, 15) is 5.26 Å². The smallest absolute Gasteiger partial charge is 0.214 e. The molecule has 0 aliphatic carbocycles. The van der Waals surface area contributed by atoms with E-state index in [2.05, 4.69) is 16.2 Å². The summed E-state index contributed by atoms with van der Waals surface area (Å²) in [6.45, 7) is 4.03. The number of imidazole rings is 1. The first-order valence-corrected chi connectivity index (χ1v) is 6.35. The second-order valence-electron chi connectivity index (χ2n) is 4.19. The van der Waals surface area contributed by atoms with Gasteiger partial charge in [-0.2, -0.15) is 9.78 Å². The highest BCUT2D eigenvalue weighted by Crippen LogP contribution is 2.29. The second-order valence-corrected chi connectivity index (χ2v) is 5.15. The summed E-state index contributed by atoms with van der Waals surface area (Å²) in [5.74, 6) is 0.904. The van der Waals surface area contributed by atoms with E-state index in [0.717, 1.165) is 15.7 Å². The van der Waals surface area contributed by atoms with Gasteiger partial charge in [-0.15, -0.1) is 5.10 Å². The number of furan rings is 1. The lowest BCUT2D eigenvalue weighted by molar-refractivity contribution is 0.580. The van der Waals surface area contributed by atoms with Crippen molar-refractivity contribution in [2.75, 3.05) is 0 Å². The molecule has 0 atom stereocenters. The third-order valence-electron chi connectivity index (χ3n) is 2.62. The minimum atomic E-state index is 0.209. The van der Waals surface area contributed by atoms with Crippen LogP contribution in [0.2, 0.25) is 0 Å². The second kappa shape index (κ2) is 3.96.